The van der Waals surface area contributed by atoms with E-state index in [4.69, 9.17) is 9.47 Å². The molecule has 3 rings (SSSR count). The number of cyclic esters (lactones) is 1. The Hall–Kier alpha value is -1.16. The molecule has 1 aromatic rings. The minimum Gasteiger partial charge on any atom is -0.465 e. The average Bonchev–Trinajstić information content (AvgIpc) is 2.94. The van der Waals surface area contributed by atoms with Crippen molar-refractivity contribution < 1.29 is 22.7 Å². The molecular weight excluding hydrogens is 328 g/mol. The highest BCUT2D eigenvalue weighted by molar-refractivity contribution is 8.00. The van der Waals surface area contributed by atoms with E-state index in [2.05, 4.69) is 4.98 Å². The molecule has 0 amide bonds. The van der Waals surface area contributed by atoms with Crippen molar-refractivity contribution in [2.75, 3.05) is 32.9 Å². The lowest BCUT2D eigenvalue weighted by Gasteiger charge is -2.25. The number of esters is 1. The first-order valence-electron chi connectivity index (χ1n) is 6.94. The number of nitrogens with zero attached hydrogens (tertiary/aromatic N) is 2. The molecule has 7 nitrogen and oxygen atoms in total. The molecule has 1 unspecified atom stereocenters. The minimum atomic E-state index is -3.53. The van der Waals surface area contributed by atoms with Gasteiger partial charge in [-0.1, -0.05) is 11.8 Å². The molecule has 0 N–H and O–H groups in total. The van der Waals surface area contributed by atoms with Gasteiger partial charge in [-0.25, -0.2) is 13.4 Å². The van der Waals surface area contributed by atoms with Crippen LogP contribution in [0, 0.1) is 0 Å². The summed E-state index contributed by atoms with van der Waals surface area (Å²) in [7, 11) is -3.53. The summed E-state index contributed by atoms with van der Waals surface area (Å²) in [6.07, 6.45) is 1.99. The van der Waals surface area contributed by atoms with Crippen molar-refractivity contribution in [3.63, 3.8) is 0 Å². The Balaban J connectivity index is 1.71. The second kappa shape index (κ2) is 6.53. The van der Waals surface area contributed by atoms with E-state index in [9.17, 15) is 13.2 Å². The van der Waals surface area contributed by atoms with Crippen LogP contribution >= 0.6 is 11.8 Å². The molecule has 2 aliphatic rings. The molecule has 0 bridgehead atoms. The third kappa shape index (κ3) is 3.27. The monoisotopic (exact) mass is 344 g/mol. The van der Waals surface area contributed by atoms with Gasteiger partial charge in [0.1, 0.15) is 10.1 Å². The fraction of sp³-hybridized carbons (Fsp3) is 0.538. The van der Waals surface area contributed by atoms with E-state index in [0.29, 0.717) is 44.4 Å². The normalized spacial score (nSPS) is 23.5. The lowest BCUT2D eigenvalue weighted by molar-refractivity contribution is -0.137. The van der Waals surface area contributed by atoms with Crippen LogP contribution in [0.5, 0.6) is 0 Å². The van der Waals surface area contributed by atoms with Crippen LogP contribution in [0.25, 0.3) is 0 Å². The van der Waals surface area contributed by atoms with Crippen LogP contribution in [0.1, 0.15) is 6.42 Å². The molecule has 2 fully saturated rings. The van der Waals surface area contributed by atoms with Gasteiger partial charge >= 0.3 is 5.97 Å². The van der Waals surface area contributed by atoms with Gasteiger partial charge in [-0.3, -0.25) is 4.79 Å². The Bertz CT molecular complexity index is 641. The third-order valence-electron chi connectivity index (χ3n) is 3.47. The van der Waals surface area contributed by atoms with Crippen molar-refractivity contribution in [1.29, 1.82) is 0 Å². The van der Waals surface area contributed by atoms with E-state index in [0.717, 1.165) is 0 Å². The number of rotatable bonds is 4. The van der Waals surface area contributed by atoms with Crippen LogP contribution in [-0.4, -0.2) is 61.8 Å². The molecule has 1 aromatic heterocycles. The van der Waals surface area contributed by atoms with Gasteiger partial charge in [0.25, 0.3) is 0 Å². The number of sulfonamides is 1. The highest BCUT2D eigenvalue weighted by atomic mass is 32.2. The van der Waals surface area contributed by atoms with E-state index in [1.807, 2.05) is 0 Å². The van der Waals surface area contributed by atoms with Crippen LogP contribution in [-0.2, 0) is 24.3 Å². The van der Waals surface area contributed by atoms with Crippen LogP contribution < -0.4 is 0 Å². The summed E-state index contributed by atoms with van der Waals surface area (Å²) in [5.41, 5.74) is 0. The van der Waals surface area contributed by atoms with Crippen LogP contribution in [0.15, 0.2) is 28.3 Å². The van der Waals surface area contributed by atoms with Gasteiger partial charge in [-0.05, 0) is 12.1 Å². The Labute approximate surface area is 133 Å². The summed E-state index contributed by atoms with van der Waals surface area (Å²) in [6.45, 7) is 1.95. The summed E-state index contributed by atoms with van der Waals surface area (Å²) < 4.78 is 36.3. The molecule has 3 heterocycles. The summed E-state index contributed by atoms with van der Waals surface area (Å²) >= 11 is 1.30. The molecule has 22 heavy (non-hydrogen) atoms. The highest BCUT2D eigenvalue weighted by Crippen LogP contribution is 2.28. The maximum absolute atomic E-state index is 12.4. The number of hydrogen-bond acceptors (Lipinski definition) is 7. The smallest absolute Gasteiger partial charge is 0.319 e. The molecule has 9 heteroatoms. The average molecular weight is 344 g/mol. The molecule has 120 valence electrons. The Morgan fingerprint density at radius 2 is 2.00 bits per heavy atom. The maximum Gasteiger partial charge on any atom is 0.319 e. The van der Waals surface area contributed by atoms with Crippen LogP contribution in [0.4, 0.5) is 0 Å². The first-order valence-corrected chi connectivity index (χ1v) is 9.26. The quantitative estimate of drug-likeness (QED) is 0.736. The second-order valence-corrected chi connectivity index (χ2v) is 8.07. The number of aromatic nitrogens is 1. The highest BCUT2D eigenvalue weighted by Gasteiger charge is 2.29. The third-order valence-corrected chi connectivity index (χ3v) is 6.55. The fourth-order valence-corrected chi connectivity index (χ4v) is 4.54. The number of morpholine rings is 1. The van der Waals surface area contributed by atoms with E-state index in [1.54, 1.807) is 6.07 Å². The molecule has 0 saturated carbocycles. The van der Waals surface area contributed by atoms with Gasteiger partial charge in [-0.15, -0.1) is 0 Å². The zero-order valence-corrected chi connectivity index (χ0v) is 13.4. The first kappa shape index (κ1) is 15.7. The molecule has 2 aliphatic heterocycles. The fourth-order valence-electron chi connectivity index (χ4n) is 2.26. The minimum absolute atomic E-state index is 0.160. The topological polar surface area (TPSA) is 85.8 Å². The zero-order chi connectivity index (χ0) is 15.6. The van der Waals surface area contributed by atoms with Crippen molar-refractivity contribution in [3.05, 3.63) is 18.3 Å². The SMILES string of the molecule is O=C1OCCC1Sc1ccc(S(=O)(=O)N2CCOCC2)cn1. The first-order chi connectivity index (χ1) is 10.6. The molecule has 2 saturated heterocycles. The zero-order valence-electron chi connectivity index (χ0n) is 11.8. The van der Waals surface area contributed by atoms with Crippen molar-refractivity contribution in [3.8, 4) is 0 Å². The van der Waals surface area contributed by atoms with Crippen molar-refractivity contribution in [2.45, 2.75) is 21.6 Å². The van der Waals surface area contributed by atoms with E-state index in [1.165, 1.54) is 28.3 Å². The Morgan fingerprint density at radius 3 is 2.59 bits per heavy atom. The van der Waals surface area contributed by atoms with Gasteiger partial charge in [-0.2, -0.15) is 4.31 Å². The summed E-state index contributed by atoms with van der Waals surface area (Å²) in [6, 6.07) is 3.16. The van der Waals surface area contributed by atoms with Gasteiger partial charge in [0.15, 0.2) is 0 Å². The van der Waals surface area contributed by atoms with Crippen molar-refractivity contribution >= 4 is 27.8 Å². The lowest BCUT2D eigenvalue weighted by Crippen LogP contribution is -2.40. The van der Waals surface area contributed by atoms with Gasteiger partial charge in [0.05, 0.1) is 24.8 Å². The maximum atomic E-state index is 12.4. The largest absolute Gasteiger partial charge is 0.465 e. The lowest BCUT2D eigenvalue weighted by atomic mass is 10.4. The molecule has 0 aliphatic carbocycles. The number of thioether (sulfide) groups is 1. The predicted octanol–water partition coefficient (Wildman–Crippen LogP) is 0.510. The van der Waals surface area contributed by atoms with Gasteiger partial charge < -0.3 is 9.47 Å². The second-order valence-electron chi connectivity index (χ2n) is 4.91. The number of carbonyl (C=O) groups is 1. The number of ether oxygens (including phenoxy) is 2. The van der Waals surface area contributed by atoms with E-state index in [-0.39, 0.29) is 16.1 Å². The summed E-state index contributed by atoms with van der Waals surface area (Å²) in [5.74, 6) is -0.239. The van der Waals surface area contributed by atoms with Gasteiger partial charge in [0.2, 0.25) is 10.0 Å². The molecule has 0 aromatic carbocycles. The Kier molecular flexibility index (Phi) is 4.67. The predicted molar refractivity (Wildman–Crippen MR) is 79.0 cm³/mol. The number of hydrogen-bond donors (Lipinski definition) is 0. The van der Waals surface area contributed by atoms with Crippen LogP contribution in [0.3, 0.4) is 0 Å². The Morgan fingerprint density at radius 1 is 1.23 bits per heavy atom. The van der Waals surface area contributed by atoms with Gasteiger partial charge in [0, 0.05) is 25.7 Å². The summed E-state index contributed by atoms with van der Waals surface area (Å²) in [4.78, 5) is 15.7. The van der Waals surface area contributed by atoms with Crippen molar-refractivity contribution in [1.82, 2.24) is 9.29 Å². The molecule has 0 radical (unpaired) electrons. The van der Waals surface area contributed by atoms with E-state index < -0.39 is 10.0 Å². The van der Waals surface area contributed by atoms with E-state index >= 15 is 0 Å². The molecular formula is C13H16N2O5S2. The van der Waals surface area contributed by atoms with Crippen molar-refractivity contribution in [2.24, 2.45) is 0 Å². The molecule has 0 spiro atoms. The standard InChI is InChI=1S/C13H16N2O5S2/c16-13-11(3-6-20-13)21-12-2-1-10(9-14-12)22(17,18)15-4-7-19-8-5-15/h1-2,9,11H,3-8H2. The summed E-state index contributed by atoms with van der Waals surface area (Å²) in [5, 5.41) is 0.360. The molecule has 1 atom stereocenters. The number of pyridine rings is 1. The number of carbonyl (C=O) groups excluding carboxylic acids is 1. The van der Waals surface area contributed by atoms with Crippen LogP contribution in [0.2, 0.25) is 0 Å².